The van der Waals surface area contributed by atoms with E-state index in [-0.39, 0.29) is 24.3 Å². The average Bonchev–Trinajstić information content (AvgIpc) is 3.37. The Bertz CT molecular complexity index is 1480. The first kappa shape index (κ1) is 26.6. The number of hydrogen-bond donors (Lipinski definition) is 2. The van der Waals surface area contributed by atoms with E-state index in [1.807, 2.05) is 24.3 Å². The summed E-state index contributed by atoms with van der Waals surface area (Å²) in [6, 6.07) is 19.4. The number of ether oxygens (including phenoxy) is 2. The van der Waals surface area contributed by atoms with Gasteiger partial charge in [-0.25, -0.2) is 4.98 Å². The lowest BCUT2D eigenvalue weighted by Crippen LogP contribution is -2.41. The van der Waals surface area contributed by atoms with Crippen molar-refractivity contribution in [2.24, 2.45) is 5.92 Å². The molecule has 1 aliphatic rings. The third-order valence-corrected chi connectivity index (χ3v) is 8.00. The van der Waals surface area contributed by atoms with Gasteiger partial charge in [0.05, 0.1) is 31.0 Å². The fourth-order valence-electron chi connectivity index (χ4n) is 4.77. The maximum atomic E-state index is 12.9. The standard InChI is InChI=1S/C30H32N4O4S/c1-19-4-10-24-27(16-19)39-30(33-24)21-5-7-22(8-6-21)32-29(36)20-12-14-34(15-13-20)18-28(35)31-23-9-11-25(37-2)26(17-23)38-3/h4-11,16-17,20H,12-15,18H2,1-3H3,(H,31,35)(H,32,36). The number of anilines is 2. The van der Waals surface area contributed by atoms with E-state index >= 15 is 0 Å². The molecule has 2 amide bonds. The van der Waals surface area contributed by atoms with Gasteiger partial charge in [-0.05, 0) is 86.9 Å². The SMILES string of the molecule is COc1ccc(NC(=O)CN2CCC(C(=O)Nc3ccc(-c4nc5ccc(C)cc5s4)cc3)CC2)cc1OC. The van der Waals surface area contributed by atoms with E-state index in [4.69, 9.17) is 14.5 Å². The molecule has 4 aromatic rings. The van der Waals surface area contributed by atoms with Crippen molar-refractivity contribution in [3.63, 3.8) is 0 Å². The van der Waals surface area contributed by atoms with Crippen LogP contribution in [0.5, 0.6) is 11.5 Å². The molecule has 9 heteroatoms. The van der Waals surface area contributed by atoms with E-state index in [2.05, 4.69) is 40.7 Å². The topological polar surface area (TPSA) is 92.8 Å². The first-order valence-electron chi connectivity index (χ1n) is 12.9. The van der Waals surface area contributed by atoms with Crippen LogP contribution in [-0.4, -0.2) is 55.6 Å². The monoisotopic (exact) mass is 544 g/mol. The van der Waals surface area contributed by atoms with Gasteiger partial charge in [0.15, 0.2) is 11.5 Å². The van der Waals surface area contributed by atoms with E-state index in [0.29, 0.717) is 43.1 Å². The van der Waals surface area contributed by atoms with Crippen molar-refractivity contribution < 1.29 is 19.1 Å². The molecule has 39 heavy (non-hydrogen) atoms. The maximum absolute atomic E-state index is 12.9. The maximum Gasteiger partial charge on any atom is 0.238 e. The number of aromatic nitrogens is 1. The van der Waals surface area contributed by atoms with Crippen LogP contribution in [0.25, 0.3) is 20.8 Å². The lowest BCUT2D eigenvalue weighted by molar-refractivity contribution is -0.121. The smallest absolute Gasteiger partial charge is 0.238 e. The van der Waals surface area contributed by atoms with E-state index in [0.717, 1.165) is 21.8 Å². The Kier molecular flexibility index (Phi) is 8.09. The fourth-order valence-corrected chi connectivity index (χ4v) is 5.84. The molecule has 2 heterocycles. The molecule has 1 aromatic heterocycles. The van der Waals surface area contributed by atoms with Crippen LogP contribution in [0.1, 0.15) is 18.4 Å². The van der Waals surface area contributed by atoms with Crippen LogP contribution in [-0.2, 0) is 9.59 Å². The molecule has 8 nitrogen and oxygen atoms in total. The quantitative estimate of drug-likeness (QED) is 0.301. The van der Waals surface area contributed by atoms with Crippen LogP contribution < -0.4 is 20.1 Å². The number of hydrogen-bond acceptors (Lipinski definition) is 7. The van der Waals surface area contributed by atoms with E-state index in [1.165, 1.54) is 10.3 Å². The fraction of sp³-hybridized carbons (Fsp3) is 0.300. The van der Waals surface area contributed by atoms with Crippen LogP contribution in [0.4, 0.5) is 11.4 Å². The predicted molar refractivity (Wildman–Crippen MR) is 156 cm³/mol. The number of benzene rings is 3. The first-order chi connectivity index (χ1) is 18.9. The number of carbonyl (C=O) groups excluding carboxylic acids is 2. The average molecular weight is 545 g/mol. The lowest BCUT2D eigenvalue weighted by Gasteiger charge is -2.30. The van der Waals surface area contributed by atoms with Gasteiger partial charge in [-0.1, -0.05) is 6.07 Å². The highest BCUT2D eigenvalue weighted by Gasteiger charge is 2.26. The zero-order valence-electron chi connectivity index (χ0n) is 22.3. The Balaban J connectivity index is 1.10. The number of aryl methyl sites for hydroxylation is 1. The van der Waals surface area contributed by atoms with Crippen molar-refractivity contribution in [3.8, 4) is 22.1 Å². The molecule has 1 saturated heterocycles. The molecule has 1 fully saturated rings. The Hall–Kier alpha value is -3.95. The molecule has 2 N–H and O–H groups in total. The molecule has 0 radical (unpaired) electrons. The van der Waals surface area contributed by atoms with Gasteiger partial charge in [0.1, 0.15) is 5.01 Å². The van der Waals surface area contributed by atoms with Crippen molar-refractivity contribution >= 4 is 44.7 Å². The molecule has 0 aliphatic carbocycles. The second-order valence-electron chi connectivity index (χ2n) is 9.73. The number of nitrogens with zero attached hydrogens (tertiary/aromatic N) is 2. The zero-order chi connectivity index (χ0) is 27.4. The number of carbonyl (C=O) groups is 2. The summed E-state index contributed by atoms with van der Waals surface area (Å²) in [7, 11) is 3.13. The molecule has 0 saturated carbocycles. The van der Waals surface area contributed by atoms with Crippen molar-refractivity contribution in [2.75, 3.05) is 44.5 Å². The zero-order valence-corrected chi connectivity index (χ0v) is 23.1. The number of rotatable bonds is 8. The van der Waals surface area contributed by atoms with Gasteiger partial charge in [-0.15, -0.1) is 11.3 Å². The minimum Gasteiger partial charge on any atom is -0.493 e. The number of methoxy groups -OCH3 is 2. The van der Waals surface area contributed by atoms with Crippen LogP contribution in [0.2, 0.25) is 0 Å². The molecule has 5 rings (SSSR count). The van der Waals surface area contributed by atoms with Crippen molar-refractivity contribution in [1.29, 1.82) is 0 Å². The molecule has 0 bridgehead atoms. The van der Waals surface area contributed by atoms with Crippen LogP contribution in [0.3, 0.4) is 0 Å². The molecule has 202 valence electrons. The summed E-state index contributed by atoms with van der Waals surface area (Å²) < 4.78 is 11.7. The molecule has 0 unspecified atom stereocenters. The normalized spacial score (nSPS) is 14.2. The summed E-state index contributed by atoms with van der Waals surface area (Å²) in [5, 5.41) is 6.93. The van der Waals surface area contributed by atoms with Gasteiger partial charge in [-0.3, -0.25) is 14.5 Å². The number of amides is 2. The van der Waals surface area contributed by atoms with E-state index < -0.39 is 0 Å². The largest absolute Gasteiger partial charge is 0.493 e. The first-order valence-corrected chi connectivity index (χ1v) is 13.8. The number of fused-ring (bicyclic) bond motifs is 1. The van der Waals surface area contributed by atoms with Gasteiger partial charge in [0.2, 0.25) is 11.8 Å². The van der Waals surface area contributed by atoms with Crippen LogP contribution in [0, 0.1) is 12.8 Å². The minimum absolute atomic E-state index is 0.0210. The van der Waals surface area contributed by atoms with Crippen molar-refractivity contribution in [3.05, 3.63) is 66.2 Å². The Morgan fingerprint density at radius 2 is 1.64 bits per heavy atom. The molecule has 3 aromatic carbocycles. The van der Waals surface area contributed by atoms with Gasteiger partial charge < -0.3 is 20.1 Å². The number of nitrogens with one attached hydrogen (secondary N) is 2. The Labute approximate surface area is 232 Å². The number of thiazole rings is 1. The molecular weight excluding hydrogens is 512 g/mol. The van der Waals surface area contributed by atoms with Gasteiger partial charge >= 0.3 is 0 Å². The molecule has 1 aliphatic heterocycles. The summed E-state index contributed by atoms with van der Waals surface area (Å²) in [5.74, 6) is 1.00. The summed E-state index contributed by atoms with van der Waals surface area (Å²) in [6.07, 6.45) is 1.41. The third-order valence-electron chi connectivity index (χ3n) is 6.94. The number of likely N-dealkylation sites (tertiary alicyclic amines) is 1. The number of piperidine rings is 1. The summed E-state index contributed by atoms with van der Waals surface area (Å²) in [4.78, 5) is 32.3. The third kappa shape index (κ3) is 6.38. The highest BCUT2D eigenvalue weighted by Crippen LogP contribution is 2.32. The van der Waals surface area contributed by atoms with Gasteiger partial charge in [0, 0.05) is 28.9 Å². The highest BCUT2D eigenvalue weighted by molar-refractivity contribution is 7.21. The Morgan fingerprint density at radius 3 is 2.36 bits per heavy atom. The van der Waals surface area contributed by atoms with Gasteiger partial charge in [-0.2, -0.15) is 0 Å². The van der Waals surface area contributed by atoms with E-state index in [9.17, 15) is 9.59 Å². The lowest BCUT2D eigenvalue weighted by atomic mass is 9.95. The van der Waals surface area contributed by atoms with Crippen molar-refractivity contribution in [1.82, 2.24) is 9.88 Å². The predicted octanol–water partition coefficient (Wildman–Crippen LogP) is 5.58. The second-order valence-corrected chi connectivity index (χ2v) is 10.8. The summed E-state index contributed by atoms with van der Waals surface area (Å²) >= 11 is 1.67. The molecule has 0 atom stereocenters. The van der Waals surface area contributed by atoms with Crippen LogP contribution >= 0.6 is 11.3 Å². The minimum atomic E-state index is -0.103. The highest BCUT2D eigenvalue weighted by atomic mass is 32.1. The van der Waals surface area contributed by atoms with Crippen molar-refractivity contribution in [2.45, 2.75) is 19.8 Å². The summed E-state index contributed by atoms with van der Waals surface area (Å²) in [6.45, 7) is 3.73. The van der Waals surface area contributed by atoms with Gasteiger partial charge in [0.25, 0.3) is 0 Å². The molecular formula is C30H32N4O4S. The van der Waals surface area contributed by atoms with Crippen LogP contribution in [0.15, 0.2) is 60.7 Å². The molecule has 0 spiro atoms. The summed E-state index contributed by atoms with van der Waals surface area (Å²) in [5.41, 5.74) is 4.68. The van der Waals surface area contributed by atoms with E-state index in [1.54, 1.807) is 43.8 Å². The Morgan fingerprint density at radius 1 is 0.923 bits per heavy atom. The second kappa shape index (κ2) is 11.8.